The average molecular weight is 476 g/mol. The SMILES string of the molecule is CC(C1CC1)N(CC(F)(F)F)C(=O)CSc1nnc(-c2ccncc2)n1Cc1ccccc1. The zero-order valence-corrected chi connectivity index (χ0v) is 18.9. The van der Waals surface area contributed by atoms with Crippen LogP contribution in [-0.4, -0.2) is 55.1 Å². The van der Waals surface area contributed by atoms with Crippen LogP contribution in [0.25, 0.3) is 11.4 Å². The molecule has 0 saturated heterocycles. The molecular formula is C23H24F3N5OS. The molecule has 4 rings (SSSR count). The van der Waals surface area contributed by atoms with Crippen molar-refractivity contribution >= 4 is 17.7 Å². The summed E-state index contributed by atoms with van der Waals surface area (Å²) < 4.78 is 41.3. The molecule has 0 spiro atoms. The molecule has 1 atom stereocenters. The number of pyridine rings is 1. The van der Waals surface area contributed by atoms with E-state index in [9.17, 15) is 18.0 Å². The van der Waals surface area contributed by atoms with Crippen molar-refractivity contribution in [2.24, 2.45) is 5.92 Å². The van der Waals surface area contributed by atoms with Gasteiger partial charge in [-0.25, -0.2) is 0 Å². The van der Waals surface area contributed by atoms with E-state index < -0.39 is 24.7 Å². The minimum absolute atomic E-state index is 0.140. The van der Waals surface area contributed by atoms with Crippen LogP contribution in [0.15, 0.2) is 60.0 Å². The highest BCUT2D eigenvalue weighted by atomic mass is 32.2. The summed E-state index contributed by atoms with van der Waals surface area (Å²) in [4.78, 5) is 17.8. The number of amides is 1. The first kappa shape index (κ1) is 23.3. The molecule has 1 aliphatic carbocycles. The van der Waals surface area contributed by atoms with Gasteiger partial charge in [-0.1, -0.05) is 42.1 Å². The van der Waals surface area contributed by atoms with Gasteiger partial charge in [0.15, 0.2) is 11.0 Å². The molecule has 1 unspecified atom stereocenters. The first-order valence-electron chi connectivity index (χ1n) is 10.7. The Morgan fingerprint density at radius 2 is 1.85 bits per heavy atom. The Bertz CT molecular complexity index is 1070. The Hall–Kier alpha value is -2.88. The lowest BCUT2D eigenvalue weighted by molar-refractivity contribution is -0.164. The molecule has 3 aromatic rings. The Morgan fingerprint density at radius 1 is 1.15 bits per heavy atom. The third-order valence-electron chi connectivity index (χ3n) is 5.63. The lowest BCUT2D eigenvalue weighted by Gasteiger charge is -2.30. The molecule has 1 aromatic carbocycles. The van der Waals surface area contributed by atoms with Crippen molar-refractivity contribution in [1.82, 2.24) is 24.6 Å². The van der Waals surface area contributed by atoms with Crippen molar-refractivity contribution < 1.29 is 18.0 Å². The highest BCUT2D eigenvalue weighted by Crippen LogP contribution is 2.36. The van der Waals surface area contributed by atoms with Crippen molar-refractivity contribution in [2.45, 2.75) is 43.7 Å². The van der Waals surface area contributed by atoms with Gasteiger partial charge in [-0.2, -0.15) is 13.2 Å². The quantitative estimate of drug-likeness (QED) is 0.421. The van der Waals surface area contributed by atoms with E-state index >= 15 is 0 Å². The number of hydrogen-bond donors (Lipinski definition) is 0. The van der Waals surface area contributed by atoms with Crippen LogP contribution in [0.4, 0.5) is 13.2 Å². The van der Waals surface area contributed by atoms with E-state index in [0.717, 1.165) is 40.6 Å². The summed E-state index contributed by atoms with van der Waals surface area (Å²) in [7, 11) is 0. The standard InChI is InChI=1S/C23H24F3N5OS/c1-16(18-7-8-18)31(15-23(24,25)26)20(32)14-33-22-29-28-21(19-9-11-27-12-10-19)30(22)13-17-5-3-2-4-6-17/h2-6,9-12,16,18H,7-8,13-15H2,1H3. The van der Waals surface area contributed by atoms with Gasteiger partial charge in [0.2, 0.25) is 5.91 Å². The second-order valence-corrected chi connectivity index (χ2v) is 9.06. The number of hydrogen-bond acceptors (Lipinski definition) is 5. The highest BCUT2D eigenvalue weighted by Gasteiger charge is 2.40. The highest BCUT2D eigenvalue weighted by molar-refractivity contribution is 7.99. The summed E-state index contributed by atoms with van der Waals surface area (Å²) in [5.74, 6) is 0.0589. The fourth-order valence-corrected chi connectivity index (χ4v) is 4.54. The molecule has 0 N–H and O–H groups in total. The molecule has 1 aliphatic rings. The van der Waals surface area contributed by atoms with Gasteiger partial charge >= 0.3 is 6.18 Å². The maximum Gasteiger partial charge on any atom is 0.406 e. The minimum Gasteiger partial charge on any atom is -0.330 e. The molecule has 0 radical (unpaired) electrons. The van der Waals surface area contributed by atoms with Crippen LogP contribution in [0.2, 0.25) is 0 Å². The Balaban J connectivity index is 1.55. The predicted molar refractivity (Wildman–Crippen MR) is 119 cm³/mol. The number of rotatable bonds is 9. The van der Waals surface area contributed by atoms with Gasteiger partial charge in [-0.05, 0) is 43.4 Å². The number of aromatic nitrogens is 4. The van der Waals surface area contributed by atoms with Crippen molar-refractivity contribution in [3.05, 3.63) is 60.4 Å². The first-order chi connectivity index (χ1) is 15.8. The Kier molecular flexibility index (Phi) is 7.02. The average Bonchev–Trinajstić information content (AvgIpc) is 3.58. The number of benzene rings is 1. The molecule has 6 nitrogen and oxygen atoms in total. The van der Waals surface area contributed by atoms with Crippen LogP contribution in [0.1, 0.15) is 25.3 Å². The second-order valence-electron chi connectivity index (χ2n) is 8.12. The summed E-state index contributed by atoms with van der Waals surface area (Å²) in [6, 6.07) is 12.9. The Morgan fingerprint density at radius 3 is 2.48 bits per heavy atom. The van der Waals surface area contributed by atoms with Gasteiger partial charge in [0.25, 0.3) is 0 Å². The molecule has 33 heavy (non-hydrogen) atoms. The van der Waals surface area contributed by atoms with Crippen LogP contribution in [0, 0.1) is 5.92 Å². The fourth-order valence-electron chi connectivity index (χ4n) is 3.71. The van der Waals surface area contributed by atoms with Gasteiger partial charge in [0.05, 0.1) is 12.3 Å². The van der Waals surface area contributed by atoms with E-state index in [1.807, 2.05) is 47.0 Å². The number of nitrogens with zero attached hydrogens (tertiary/aromatic N) is 5. The van der Waals surface area contributed by atoms with E-state index in [1.165, 1.54) is 0 Å². The van der Waals surface area contributed by atoms with Gasteiger partial charge in [-0.15, -0.1) is 10.2 Å². The molecule has 0 aliphatic heterocycles. The largest absolute Gasteiger partial charge is 0.406 e. The third-order valence-corrected chi connectivity index (χ3v) is 6.58. The van der Waals surface area contributed by atoms with Crippen LogP contribution in [-0.2, 0) is 11.3 Å². The summed E-state index contributed by atoms with van der Waals surface area (Å²) >= 11 is 1.11. The lowest BCUT2D eigenvalue weighted by Crippen LogP contribution is -2.46. The zero-order valence-electron chi connectivity index (χ0n) is 18.1. The number of alkyl halides is 3. The van der Waals surface area contributed by atoms with Crippen LogP contribution >= 0.6 is 11.8 Å². The maximum absolute atomic E-state index is 13.1. The first-order valence-corrected chi connectivity index (χ1v) is 11.7. The van der Waals surface area contributed by atoms with Gasteiger partial charge < -0.3 is 4.90 Å². The topological polar surface area (TPSA) is 63.9 Å². The lowest BCUT2D eigenvalue weighted by atomic mass is 10.2. The van der Waals surface area contributed by atoms with E-state index in [4.69, 9.17) is 0 Å². The van der Waals surface area contributed by atoms with Gasteiger partial charge in [0, 0.05) is 24.0 Å². The maximum atomic E-state index is 13.1. The molecule has 2 heterocycles. The normalized spacial score (nSPS) is 14.8. The molecule has 1 fully saturated rings. The molecule has 1 saturated carbocycles. The molecule has 10 heteroatoms. The van der Waals surface area contributed by atoms with Gasteiger partial charge in [0.1, 0.15) is 6.54 Å². The van der Waals surface area contributed by atoms with Crippen molar-refractivity contribution in [1.29, 1.82) is 0 Å². The second kappa shape index (κ2) is 9.94. The Labute approximate surface area is 194 Å². The number of carbonyl (C=O) groups excluding carboxylic acids is 1. The summed E-state index contributed by atoms with van der Waals surface area (Å²) in [5.41, 5.74) is 1.83. The summed E-state index contributed by atoms with van der Waals surface area (Å²) in [6.45, 7) is 0.932. The van der Waals surface area contributed by atoms with E-state index in [0.29, 0.717) is 17.5 Å². The molecular weight excluding hydrogens is 451 g/mol. The van der Waals surface area contributed by atoms with Crippen molar-refractivity contribution in [3.63, 3.8) is 0 Å². The number of carbonyl (C=O) groups is 1. The van der Waals surface area contributed by atoms with E-state index in [-0.39, 0.29) is 11.7 Å². The third kappa shape index (κ3) is 6.13. The zero-order chi connectivity index (χ0) is 23.4. The van der Waals surface area contributed by atoms with E-state index in [1.54, 1.807) is 19.3 Å². The van der Waals surface area contributed by atoms with Crippen molar-refractivity contribution in [2.75, 3.05) is 12.3 Å². The minimum atomic E-state index is -4.44. The monoisotopic (exact) mass is 475 g/mol. The number of thioether (sulfide) groups is 1. The fraction of sp³-hybridized carbons (Fsp3) is 0.391. The smallest absolute Gasteiger partial charge is 0.330 e. The predicted octanol–water partition coefficient (Wildman–Crippen LogP) is 4.67. The van der Waals surface area contributed by atoms with Crippen LogP contribution in [0.3, 0.4) is 0 Å². The van der Waals surface area contributed by atoms with E-state index in [2.05, 4.69) is 15.2 Å². The molecule has 1 amide bonds. The van der Waals surface area contributed by atoms with Gasteiger partial charge in [-0.3, -0.25) is 14.3 Å². The van der Waals surface area contributed by atoms with Crippen LogP contribution in [0.5, 0.6) is 0 Å². The summed E-state index contributed by atoms with van der Waals surface area (Å²) in [6.07, 6.45) is 0.585. The summed E-state index contributed by atoms with van der Waals surface area (Å²) in [5, 5.41) is 9.02. The number of halogens is 3. The molecule has 174 valence electrons. The van der Waals surface area contributed by atoms with Crippen molar-refractivity contribution in [3.8, 4) is 11.4 Å². The van der Waals surface area contributed by atoms with Crippen LogP contribution < -0.4 is 0 Å². The molecule has 2 aromatic heterocycles. The molecule has 0 bridgehead atoms.